The van der Waals surface area contributed by atoms with Gasteiger partial charge in [0.2, 0.25) is 17.7 Å². The van der Waals surface area contributed by atoms with E-state index >= 15 is 0 Å². The molecule has 3 aliphatic heterocycles. The number of rotatable bonds is 3. The van der Waals surface area contributed by atoms with Gasteiger partial charge >= 0.3 is 0 Å². The molecule has 7 nitrogen and oxygen atoms in total. The monoisotopic (exact) mass is 353 g/mol. The second-order valence-corrected chi connectivity index (χ2v) is 7.70. The molecule has 3 fully saturated rings. The maximum atomic E-state index is 13.3. The van der Waals surface area contributed by atoms with E-state index in [2.05, 4.69) is 10.2 Å². The molecule has 26 heavy (non-hydrogen) atoms. The zero-order chi connectivity index (χ0) is 18.1. The molecule has 134 valence electrons. The van der Waals surface area contributed by atoms with E-state index in [4.69, 9.17) is 0 Å². The van der Waals surface area contributed by atoms with Gasteiger partial charge in [0.15, 0.2) is 0 Å². The number of anilines is 2. The fraction of sp³-hybridized carbons (Fsp3) is 0.474. The molecule has 0 bridgehead atoms. The summed E-state index contributed by atoms with van der Waals surface area (Å²) in [5.74, 6) is -0.659. The van der Waals surface area contributed by atoms with Crippen molar-refractivity contribution in [2.24, 2.45) is 5.92 Å². The van der Waals surface area contributed by atoms with Crippen molar-refractivity contribution in [2.75, 3.05) is 22.9 Å². The van der Waals surface area contributed by atoms with Crippen molar-refractivity contribution in [1.29, 1.82) is 0 Å². The van der Waals surface area contributed by atoms with Crippen LogP contribution in [0.15, 0.2) is 18.2 Å². The first kappa shape index (κ1) is 15.5. The minimum atomic E-state index is -0.631. The van der Waals surface area contributed by atoms with E-state index in [9.17, 15) is 19.2 Å². The molecule has 1 N–H and O–H groups in total. The van der Waals surface area contributed by atoms with Crippen molar-refractivity contribution in [3.05, 3.63) is 23.8 Å². The lowest BCUT2D eigenvalue weighted by Gasteiger charge is -2.39. The number of amides is 3. The highest BCUT2D eigenvalue weighted by atomic mass is 16.2. The van der Waals surface area contributed by atoms with Gasteiger partial charge in [0.1, 0.15) is 12.3 Å². The first-order valence-corrected chi connectivity index (χ1v) is 9.06. The fourth-order valence-electron chi connectivity index (χ4n) is 4.55. The molecule has 1 saturated carbocycles. The summed E-state index contributed by atoms with van der Waals surface area (Å²) in [5.41, 5.74) is 2.26. The van der Waals surface area contributed by atoms with Crippen molar-refractivity contribution in [2.45, 2.75) is 37.1 Å². The minimum absolute atomic E-state index is 0.0260. The Labute approximate surface area is 150 Å². The average Bonchev–Trinajstić information content (AvgIpc) is 3.33. The standard InChI is InChI=1S/C19H19N3O4/c23-10-11-8-21(9-11)12-2-1-3-13-16(12)19(6-7-19)18(26)22(13)14-4-5-15(24)20-17(14)25/h1-3,10-11,14H,4-9H2,(H,20,24,25). The predicted molar refractivity (Wildman–Crippen MR) is 92.8 cm³/mol. The molecular formula is C19H19N3O4. The predicted octanol–water partition coefficient (Wildman–Crippen LogP) is 0.505. The van der Waals surface area contributed by atoms with Crippen LogP contribution in [0.4, 0.5) is 11.4 Å². The molecule has 7 heteroatoms. The zero-order valence-electron chi connectivity index (χ0n) is 14.2. The summed E-state index contributed by atoms with van der Waals surface area (Å²) in [6.45, 7) is 1.34. The Morgan fingerprint density at radius 2 is 1.85 bits per heavy atom. The number of aldehydes is 1. The number of hydrogen-bond donors (Lipinski definition) is 1. The molecule has 1 spiro atoms. The van der Waals surface area contributed by atoms with Gasteiger partial charge in [-0.05, 0) is 31.4 Å². The minimum Gasteiger partial charge on any atom is -0.370 e. The molecule has 1 unspecified atom stereocenters. The number of nitrogens with one attached hydrogen (secondary N) is 1. The third-order valence-corrected chi connectivity index (χ3v) is 6.10. The zero-order valence-corrected chi connectivity index (χ0v) is 14.2. The number of nitrogens with zero attached hydrogens (tertiary/aromatic N) is 2. The highest BCUT2D eigenvalue weighted by Crippen LogP contribution is 2.61. The molecule has 4 aliphatic rings. The van der Waals surface area contributed by atoms with Crippen molar-refractivity contribution < 1.29 is 19.2 Å². The van der Waals surface area contributed by atoms with Gasteiger partial charge < -0.3 is 9.69 Å². The van der Waals surface area contributed by atoms with Crippen LogP contribution >= 0.6 is 0 Å². The SMILES string of the molecule is O=CC1CN(c2cccc3c2C2(CC2)C(=O)N3C2CCC(=O)NC2=O)C1. The molecule has 1 aliphatic carbocycles. The van der Waals surface area contributed by atoms with Crippen LogP contribution in [0.3, 0.4) is 0 Å². The van der Waals surface area contributed by atoms with Gasteiger partial charge in [0, 0.05) is 36.7 Å². The van der Waals surface area contributed by atoms with E-state index in [1.54, 1.807) is 4.90 Å². The fourth-order valence-corrected chi connectivity index (χ4v) is 4.55. The number of hydrogen-bond acceptors (Lipinski definition) is 5. The van der Waals surface area contributed by atoms with Crippen LogP contribution in [0.5, 0.6) is 0 Å². The Bertz CT molecular complexity index is 854. The molecule has 3 amide bonds. The van der Waals surface area contributed by atoms with Gasteiger partial charge in [-0.3, -0.25) is 24.6 Å². The lowest BCUT2D eigenvalue weighted by atomic mass is 9.92. The van der Waals surface area contributed by atoms with E-state index < -0.39 is 17.4 Å². The third kappa shape index (κ3) is 1.94. The van der Waals surface area contributed by atoms with Gasteiger partial charge in [-0.2, -0.15) is 0 Å². The van der Waals surface area contributed by atoms with Gasteiger partial charge in [0.25, 0.3) is 0 Å². The lowest BCUT2D eigenvalue weighted by molar-refractivity contribution is -0.135. The molecule has 0 aromatic heterocycles. The second kappa shape index (κ2) is 5.16. The topological polar surface area (TPSA) is 86.8 Å². The Kier molecular flexibility index (Phi) is 3.08. The number of imide groups is 1. The number of fused-ring (bicyclic) bond motifs is 2. The summed E-state index contributed by atoms with van der Waals surface area (Å²) < 4.78 is 0. The Hall–Kier alpha value is -2.70. The molecule has 2 saturated heterocycles. The van der Waals surface area contributed by atoms with Gasteiger partial charge in [0.05, 0.1) is 11.1 Å². The van der Waals surface area contributed by atoms with Crippen LogP contribution in [-0.2, 0) is 24.6 Å². The first-order chi connectivity index (χ1) is 12.5. The lowest BCUT2D eigenvalue weighted by Crippen LogP contribution is -2.54. The second-order valence-electron chi connectivity index (χ2n) is 7.70. The Balaban J connectivity index is 1.56. The Morgan fingerprint density at radius 1 is 1.12 bits per heavy atom. The van der Waals surface area contributed by atoms with Crippen LogP contribution in [0.2, 0.25) is 0 Å². The molecule has 1 aromatic carbocycles. The van der Waals surface area contributed by atoms with Gasteiger partial charge in [-0.25, -0.2) is 0 Å². The molecule has 1 atom stereocenters. The summed E-state index contributed by atoms with van der Waals surface area (Å²) in [7, 11) is 0. The quantitative estimate of drug-likeness (QED) is 0.632. The van der Waals surface area contributed by atoms with E-state index in [0.717, 1.165) is 36.1 Å². The van der Waals surface area contributed by atoms with E-state index in [0.29, 0.717) is 19.5 Å². The van der Waals surface area contributed by atoms with Crippen molar-refractivity contribution in [3.63, 3.8) is 0 Å². The highest BCUT2D eigenvalue weighted by molar-refractivity contribution is 6.16. The van der Waals surface area contributed by atoms with E-state index in [1.807, 2.05) is 18.2 Å². The number of carbonyl (C=O) groups is 4. The molecular weight excluding hydrogens is 334 g/mol. The van der Waals surface area contributed by atoms with Crippen LogP contribution in [0.25, 0.3) is 0 Å². The first-order valence-electron chi connectivity index (χ1n) is 9.06. The number of piperidine rings is 1. The summed E-state index contributed by atoms with van der Waals surface area (Å²) in [4.78, 5) is 51.8. The van der Waals surface area contributed by atoms with Crippen LogP contribution in [-0.4, -0.2) is 43.1 Å². The molecule has 5 rings (SSSR count). The van der Waals surface area contributed by atoms with E-state index in [1.165, 1.54) is 0 Å². The van der Waals surface area contributed by atoms with E-state index in [-0.39, 0.29) is 24.2 Å². The van der Waals surface area contributed by atoms with Crippen LogP contribution < -0.4 is 15.1 Å². The number of carbonyl (C=O) groups excluding carboxylic acids is 4. The summed E-state index contributed by atoms with van der Waals surface area (Å²) in [6.07, 6.45) is 3.14. The Morgan fingerprint density at radius 3 is 2.50 bits per heavy atom. The summed E-state index contributed by atoms with van der Waals surface area (Å²) >= 11 is 0. The van der Waals surface area contributed by atoms with Gasteiger partial charge in [-0.1, -0.05) is 6.07 Å². The summed E-state index contributed by atoms with van der Waals surface area (Å²) in [5, 5.41) is 2.36. The summed E-state index contributed by atoms with van der Waals surface area (Å²) in [6, 6.07) is 5.16. The molecule has 1 aromatic rings. The van der Waals surface area contributed by atoms with Crippen molar-refractivity contribution in [1.82, 2.24) is 5.32 Å². The highest BCUT2D eigenvalue weighted by Gasteiger charge is 2.62. The largest absolute Gasteiger partial charge is 0.370 e. The average molecular weight is 353 g/mol. The van der Waals surface area contributed by atoms with Crippen molar-refractivity contribution in [3.8, 4) is 0 Å². The maximum absolute atomic E-state index is 13.3. The third-order valence-electron chi connectivity index (χ3n) is 6.10. The van der Waals surface area contributed by atoms with Gasteiger partial charge in [-0.15, -0.1) is 0 Å². The van der Waals surface area contributed by atoms with Crippen LogP contribution in [0, 0.1) is 5.92 Å². The molecule has 3 heterocycles. The normalized spacial score (nSPS) is 26.6. The molecule has 0 radical (unpaired) electrons. The number of benzene rings is 1. The van der Waals surface area contributed by atoms with Crippen molar-refractivity contribution >= 4 is 35.4 Å². The smallest absolute Gasteiger partial charge is 0.249 e. The van der Waals surface area contributed by atoms with Crippen LogP contribution in [0.1, 0.15) is 31.2 Å². The maximum Gasteiger partial charge on any atom is 0.249 e.